The molecule has 0 atom stereocenters. The predicted molar refractivity (Wildman–Crippen MR) is 116 cm³/mol. The molecule has 0 spiro atoms. The highest BCUT2D eigenvalue weighted by molar-refractivity contribution is 6.32. The molecule has 8 nitrogen and oxygen atoms in total. The van der Waals surface area contributed by atoms with Gasteiger partial charge in [0.25, 0.3) is 5.91 Å². The van der Waals surface area contributed by atoms with E-state index in [2.05, 4.69) is 5.32 Å². The molecule has 1 aliphatic carbocycles. The van der Waals surface area contributed by atoms with Crippen LogP contribution < -0.4 is 20.5 Å². The van der Waals surface area contributed by atoms with Crippen LogP contribution in [0.1, 0.15) is 48.8 Å². The number of hydrogen-bond acceptors (Lipinski definition) is 7. The molecule has 31 heavy (non-hydrogen) atoms. The quantitative estimate of drug-likeness (QED) is 0.438. The van der Waals surface area contributed by atoms with Gasteiger partial charge in [-0.15, -0.1) is 12.4 Å². The van der Waals surface area contributed by atoms with Gasteiger partial charge in [-0.25, -0.2) is 0 Å². The first-order chi connectivity index (χ1) is 14.5. The smallest absolute Gasteiger partial charge is 0.287 e. The van der Waals surface area contributed by atoms with E-state index in [9.17, 15) is 14.4 Å². The van der Waals surface area contributed by atoms with Crippen molar-refractivity contribution in [2.45, 2.75) is 6.42 Å². The maximum Gasteiger partial charge on any atom is 0.287 e. The number of fused-ring (bicyclic) bond motifs is 3. The predicted octanol–water partition coefficient (Wildman–Crippen LogP) is 2.73. The Bertz CT molecular complexity index is 1120. The summed E-state index contributed by atoms with van der Waals surface area (Å²) < 4.78 is 16.7. The van der Waals surface area contributed by atoms with Crippen LogP contribution in [-0.2, 0) is 0 Å². The number of methoxy groups -OCH3 is 2. The van der Waals surface area contributed by atoms with Gasteiger partial charge < -0.3 is 24.9 Å². The van der Waals surface area contributed by atoms with Crippen LogP contribution in [0.25, 0.3) is 11.0 Å². The average Bonchev–Trinajstić information content (AvgIpc) is 3.21. The number of carbonyl (C=O) groups excluding carboxylic acids is 3. The molecule has 162 valence electrons. The van der Waals surface area contributed by atoms with Crippen LogP contribution in [0.5, 0.6) is 11.5 Å². The summed E-state index contributed by atoms with van der Waals surface area (Å²) in [6.45, 7) is 0.836. The zero-order chi connectivity index (χ0) is 21.4. The molecule has 0 unspecified atom stereocenters. The van der Waals surface area contributed by atoms with E-state index < -0.39 is 5.91 Å². The molecule has 0 fully saturated rings. The standard InChI is InChI=1S/C22H20N2O6.ClH/c1-28-19-13-10-14(22(27)24-9-5-8-23)30-20(13)21(29-2)16-15(19)17(25)11-6-3-4-7-12(11)18(16)26;/h3-4,6-7,10H,5,8-9,23H2,1-2H3,(H,24,27);1H. The van der Waals surface area contributed by atoms with Crippen molar-refractivity contribution < 1.29 is 28.3 Å². The van der Waals surface area contributed by atoms with Gasteiger partial charge in [0, 0.05) is 23.7 Å². The van der Waals surface area contributed by atoms with Crippen molar-refractivity contribution in [3.8, 4) is 11.5 Å². The Morgan fingerprint density at radius 1 is 1.03 bits per heavy atom. The Hall–Kier alpha value is -3.36. The second kappa shape index (κ2) is 8.79. The highest BCUT2D eigenvalue weighted by atomic mass is 35.5. The number of amides is 1. The Morgan fingerprint density at radius 3 is 2.16 bits per heavy atom. The second-order valence-corrected chi connectivity index (χ2v) is 6.77. The number of benzene rings is 2. The van der Waals surface area contributed by atoms with Gasteiger partial charge in [0.2, 0.25) is 0 Å². The minimum atomic E-state index is -0.442. The van der Waals surface area contributed by atoms with E-state index in [0.717, 1.165) is 0 Å². The molecule has 0 saturated heterocycles. The summed E-state index contributed by atoms with van der Waals surface area (Å²) in [5, 5.41) is 3.08. The fourth-order valence-corrected chi connectivity index (χ4v) is 3.70. The fourth-order valence-electron chi connectivity index (χ4n) is 3.70. The summed E-state index contributed by atoms with van der Waals surface area (Å²) in [6, 6.07) is 8.05. The Kier molecular flexibility index (Phi) is 6.33. The SMILES string of the molecule is COc1c2c(c(OC)c3oc(C(=O)NCCCN)cc13)C(=O)c1ccccc1C2=O.Cl. The van der Waals surface area contributed by atoms with Crippen molar-refractivity contribution in [2.24, 2.45) is 5.73 Å². The molecule has 1 aromatic heterocycles. The van der Waals surface area contributed by atoms with Gasteiger partial charge in [-0.3, -0.25) is 14.4 Å². The summed E-state index contributed by atoms with van der Waals surface area (Å²) in [4.78, 5) is 38.9. The first kappa shape index (κ1) is 22.3. The van der Waals surface area contributed by atoms with Gasteiger partial charge in [0.05, 0.1) is 30.7 Å². The van der Waals surface area contributed by atoms with Crippen LogP contribution in [0.15, 0.2) is 34.7 Å². The van der Waals surface area contributed by atoms with Crippen molar-refractivity contribution in [1.29, 1.82) is 0 Å². The number of rotatable bonds is 6. The average molecular weight is 445 g/mol. The molecule has 1 heterocycles. The van der Waals surface area contributed by atoms with Crippen LogP contribution in [0.2, 0.25) is 0 Å². The van der Waals surface area contributed by atoms with Crippen molar-refractivity contribution in [1.82, 2.24) is 5.32 Å². The topological polar surface area (TPSA) is 121 Å². The van der Waals surface area contributed by atoms with Gasteiger partial charge in [-0.2, -0.15) is 0 Å². The zero-order valence-electron chi connectivity index (χ0n) is 16.9. The summed E-state index contributed by atoms with van der Waals surface area (Å²) >= 11 is 0. The van der Waals surface area contributed by atoms with Crippen LogP contribution in [0, 0.1) is 0 Å². The summed E-state index contributed by atoms with van der Waals surface area (Å²) in [7, 11) is 2.77. The van der Waals surface area contributed by atoms with Crippen LogP contribution in [0.4, 0.5) is 0 Å². The largest absolute Gasteiger partial charge is 0.495 e. The Morgan fingerprint density at radius 2 is 1.61 bits per heavy atom. The zero-order valence-corrected chi connectivity index (χ0v) is 17.8. The molecule has 0 radical (unpaired) electrons. The third-order valence-electron chi connectivity index (χ3n) is 5.06. The molecular weight excluding hydrogens is 424 g/mol. The summed E-state index contributed by atoms with van der Waals surface area (Å²) in [6.07, 6.45) is 0.619. The first-order valence-corrected chi connectivity index (χ1v) is 9.41. The minimum absolute atomic E-state index is 0. The van der Waals surface area contributed by atoms with E-state index in [0.29, 0.717) is 24.9 Å². The van der Waals surface area contributed by atoms with E-state index in [-0.39, 0.29) is 69.1 Å². The van der Waals surface area contributed by atoms with Crippen LogP contribution in [0.3, 0.4) is 0 Å². The number of carbonyl (C=O) groups is 3. The van der Waals surface area contributed by atoms with E-state index in [1.165, 1.54) is 20.3 Å². The Labute approximate surface area is 184 Å². The molecule has 9 heteroatoms. The molecule has 0 bridgehead atoms. The van der Waals surface area contributed by atoms with E-state index >= 15 is 0 Å². The van der Waals surface area contributed by atoms with Gasteiger partial charge in [0.1, 0.15) is 5.75 Å². The van der Waals surface area contributed by atoms with Crippen molar-refractivity contribution >= 4 is 40.8 Å². The lowest BCUT2D eigenvalue weighted by molar-refractivity contribution is 0.0927. The van der Waals surface area contributed by atoms with E-state index in [1.54, 1.807) is 24.3 Å². The lowest BCUT2D eigenvalue weighted by atomic mass is 9.82. The van der Waals surface area contributed by atoms with Crippen LogP contribution >= 0.6 is 12.4 Å². The fraction of sp³-hybridized carbons (Fsp3) is 0.227. The molecule has 1 amide bonds. The molecular formula is C22H21ClN2O6. The molecule has 3 N–H and O–H groups in total. The number of nitrogens with two attached hydrogens (primary N) is 1. The molecule has 2 aromatic carbocycles. The molecule has 4 rings (SSSR count). The van der Waals surface area contributed by atoms with Gasteiger partial charge in [-0.1, -0.05) is 24.3 Å². The first-order valence-electron chi connectivity index (χ1n) is 9.41. The van der Waals surface area contributed by atoms with Crippen molar-refractivity contribution in [3.63, 3.8) is 0 Å². The number of nitrogens with one attached hydrogen (secondary N) is 1. The van der Waals surface area contributed by atoms with Crippen molar-refractivity contribution in [3.05, 3.63) is 58.3 Å². The van der Waals surface area contributed by atoms with Gasteiger partial charge in [-0.05, 0) is 13.0 Å². The number of hydrogen-bond donors (Lipinski definition) is 2. The highest BCUT2D eigenvalue weighted by Gasteiger charge is 2.38. The monoisotopic (exact) mass is 444 g/mol. The lowest BCUT2D eigenvalue weighted by Gasteiger charge is -2.22. The minimum Gasteiger partial charge on any atom is -0.495 e. The van der Waals surface area contributed by atoms with Gasteiger partial charge in [0.15, 0.2) is 28.7 Å². The summed E-state index contributed by atoms with van der Waals surface area (Å²) in [5.41, 5.74) is 6.35. The third kappa shape index (κ3) is 3.43. The second-order valence-electron chi connectivity index (χ2n) is 6.77. The van der Waals surface area contributed by atoms with E-state index in [1.807, 2.05) is 0 Å². The third-order valence-corrected chi connectivity index (χ3v) is 5.06. The van der Waals surface area contributed by atoms with Crippen molar-refractivity contribution in [2.75, 3.05) is 27.3 Å². The van der Waals surface area contributed by atoms with Crippen LogP contribution in [-0.4, -0.2) is 44.8 Å². The lowest BCUT2D eigenvalue weighted by Crippen LogP contribution is -2.25. The summed E-state index contributed by atoms with van der Waals surface area (Å²) in [5.74, 6) is -0.899. The molecule has 3 aromatic rings. The number of ketones is 2. The molecule has 0 saturated carbocycles. The number of halogens is 1. The highest BCUT2D eigenvalue weighted by Crippen LogP contribution is 2.46. The van der Waals surface area contributed by atoms with Gasteiger partial charge >= 0.3 is 0 Å². The maximum atomic E-state index is 13.3. The Balaban J connectivity index is 0.00000272. The van der Waals surface area contributed by atoms with E-state index in [4.69, 9.17) is 19.6 Å². The molecule has 0 aliphatic heterocycles. The normalized spacial score (nSPS) is 12.1. The number of ether oxygens (including phenoxy) is 2. The molecule has 1 aliphatic rings. The maximum absolute atomic E-state index is 13.3. The number of furan rings is 1.